The Morgan fingerprint density at radius 3 is 2.72 bits per heavy atom. The molecule has 0 bridgehead atoms. The van der Waals surface area contributed by atoms with Crippen LogP contribution in [-0.2, 0) is 16.0 Å². The zero-order valence-electron chi connectivity index (χ0n) is 15.9. The van der Waals surface area contributed by atoms with E-state index in [-0.39, 0.29) is 5.97 Å². The zero-order valence-corrected chi connectivity index (χ0v) is 15.9. The lowest BCUT2D eigenvalue weighted by Gasteiger charge is -2.12. The molecule has 2 N–H and O–H groups in total. The highest BCUT2D eigenvalue weighted by atomic mass is 16.5. The van der Waals surface area contributed by atoms with Gasteiger partial charge in [0, 0.05) is 26.1 Å². The fourth-order valence-electron chi connectivity index (χ4n) is 2.33. The molecule has 140 valence electrons. The van der Waals surface area contributed by atoms with Gasteiger partial charge in [0.1, 0.15) is 5.75 Å². The highest BCUT2D eigenvalue weighted by Gasteiger charge is 2.03. The van der Waals surface area contributed by atoms with E-state index >= 15 is 0 Å². The van der Waals surface area contributed by atoms with Crippen LogP contribution in [-0.4, -0.2) is 45.3 Å². The second kappa shape index (κ2) is 12.2. The third-order valence-corrected chi connectivity index (χ3v) is 3.64. The van der Waals surface area contributed by atoms with Crippen LogP contribution >= 0.6 is 0 Å². The molecule has 1 aromatic rings. The molecule has 0 radical (unpaired) electrons. The number of nitrogens with zero attached hydrogens (tertiary/aromatic N) is 1. The maximum absolute atomic E-state index is 11.3. The van der Waals surface area contributed by atoms with Crippen LogP contribution in [0.5, 0.6) is 5.75 Å². The minimum atomic E-state index is -0.163. The number of guanidine groups is 1. The minimum Gasteiger partial charge on any atom is -0.496 e. The molecule has 0 aliphatic carbocycles. The molecule has 1 rings (SSSR count). The molecular weight excluding hydrogens is 318 g/mol. The number of hydrogen-bond acceptors (Lipinski definition) is 4. The number of methoxy groups -OCH3 is 1. The summed E-state index contributed by atoms with van der Waals surface area (Å²) in [5, 5.41) is 6.53. The van der Waals surface area contributed by atoms with E-state index < -0.39 is 0 Å². The Labute approximate surface area is 151 Å². The van der Waals surface area contributed by atoms with Crippen LogP contribution in [0.25, 0.3) is 0 Å². The van der Waals surface area contributed by atoms with Gasteiger partial charge in [0.25, 0.3) is 0 Å². The lowest BCUT2D eigenvalue weighted by atomic mass is 10.1. The third-order valence-electron chi connectivity index (χ3n) is 3.64. The number of aryl methyl sites for hydroxylation is 1. The minimum absolute atomic E-state index is 0.163. The molecular formula is C19H31N3O3. The lowest BCUT2D eigenvalue weighted by molar-refractivity contribution is -0.143. The van der Waals surface area contributed by atoms with Gasteiger partial charge in [-0.15, -0.1) is 0 Å². The van der Waals surface area contributed by atoms with E-state index in [9.17, 15) is 4.79 Å². The Kier molecular flexibility index (Phi) is 10.1. The van der Waals surface area contributed by atoms with Crippen LogP contribution in [0.2, 0.25) is 0 Å². The summed E-state index contributed by atoms with van der Waals surface area (Å²) >= 11 is 0. The predicted octanol–water partition coefficient (Wildman–Crippen LogP) is 2.44. The van der Waals surface area contributed by atoms with Crippen molar-refractivity contribution in [2.75, 3.05) is 33.4 Å². The molecule has 0 amide bonds. The van der Waals surface area contributed by atoms with Gasteiger partial charge in [0.15, 0.2) is 5.96 Å². The molecule has 0 atom stereocenters. The third kappa shape index (κ3) is 8.42. The maximum Gasteiger partial charge on any atom is 0.305 e. The SMILES string of the molecule is CCNC(=NCCCC(=O)OCC)NCCc1ccc(C)c(OC)c1. The normalized spacial score (nSPS) is 11.1. The topological polar surface area (TPSA) is 72.0 Å². The first-order valence-electron chi connectivity index (χ1n) is 8.92. The second-order valence-corrected chi connectivity index (χ2v) is 5.65. The fourth-order valence-corrected chi connectivity index (χ4v) is 2.33. The van der Waals surface area contributed by atoms with Gasteiger partial charge in [0.2, 0.25) is 0 Å². The molecule has 6 nitrogen and oxygen atoms in total. The van der Waals surface area contributed by atoms with Crippen LogP contribution in [0.15, 0.2) is 23.2 Å². The number of carbonyl (C=O) groups excluding carboxylic acids is 1. The molecule has 25 heavy (non-hydrogen) atoms. The number of carbonyl (C=O) groups is 1. The lowest BCUT2D eigenvalue weighted by Crippen LogP contribution is -2.38. The van der Waals surface area contributed by atoms with Crippen molar-refractivity contribution in [1.29, 1.82) is 0 Å². The molecule has 0 aromatic heterocycles. The van der Waals surface area contributed by atoms with Crippen molar-refractivity contribution in [1.82, 2.24) is 10.6 Å². The average Bonchev–Trinajstić information content (AvgIpc) is 2.60. The van der Waals surface area contributed by atoms with Gasteiger partial charge in [-0.2, -0.15) is 0 Å². The predicted molar refractivity (Wildman–Crippen MR) is 101 cm³/mol. The molecule has 0 fully saturated rings. The van der Waals surface area contributed by atoms with E-state index in [1.807, 2.05) is 20.8 Å². The van der Waals surface area contributed by atoms with Gasteiger partial charge in [-0.3, -0.25) is 9.79 Å². The van der Waals surface area contributed by atoms with E-state index in [0.717, 1.165) is 36.8 Å². The standard InChI is InChI=1S/C19H31N3O3/c1-5-20-19(21-12-7-8-18(23)25-6-2)22-13-11-16-10-9-15(3)17(14-16)24-4/h9-10,14H,5-8,11-13H2,1-4H3,(H2,20,21,22). The summed E-state index contributed by atoms with van der Waals surface area (Å²) in [7, 11) is 1.69. The summed E-state index contributed by atoms with van der Waals surface area (Å²) in [6, 6.07) is 6.26. The van der Waals surface area contributed by atoms with Crippen molar-refractivity contribution >= 4 is 11.9 Å². The van der Waals surface area contributed by atoms with Crippen LogP contribution < -0.4 is 15.4 Å². The molecule has 0 saturated heterocycles. The van der Waals surface area contributed by atoms with Crippen LogP contribution in [0, 0.1) is 6.92 Å². The van der Waals surface area contributed by atoms with Crippen LogP contribution in [0.1, 0.15) is 37.8 Å². The van der Waals surface area contributed by atoms with Crippen molar-refractivity contribution in [3.05, 3.63) is 29.3 Å². The summed E-state index contributed by atoms with van der Waals surface area (Å²) in [5.74, 6) is 1.52. The molecule has 0 aliphatic heterocycles. The Balaban J connectivity index is 2.41. The van der Waals surface area contributed by atoms with Gasteiger partial charge < -0.3 is 20.1 Å². The largest absolute Gasteiger partial charge is 0.496 e. The monoisotopic (exact) mass is 349 g/mol. The number of hydrogen-bond donors (Lipinski definition) is 2. The van der Waals surface area contributed by atoms with Gasteiger partial charge >= 0.3 is 5.97 Å². The Morgan fingerprint density at radius 1 is 1.24 bits per heavy atom. The molecule has 1 aromatic carbocycles. The van der Waals surface area contributed by atoms with Crippen molar-refractivity contribution in [2.45, 2.75) is 40.0 Å². The van der Waals surface area contributed by atoms with Gasteiger partial charge in [-0.05, 0) is 50.8 Å². The van der Waals surface area contributed by atoms with Crippen LogP contribution in [0.3, 0.4) is 0 Å². The van der Waals surface area contributed by atoms with E-state index in [2.05, 4.69) is 33.8 Å². The summed E-state index contributed by atoms with van der Waals surface area (Å²) in [6.07, 6.45) is 1.97. The van der Waals surface area contributed by atoms with E-state index in [1.165, 1.54) is 5.56 Å². The number of ether oxygens (including phenoxy) is 2. The summed E-state index contributed by atoms with van der Waals surface area (Å²) in [5.41, 5.74) is 2.35. The first-order chi connectivity index (χ1) is 12.1. The first kappa shape index (κ1) is 20.8. The summed E-state index contributed by atoms with van der Waals surface area (Å²) < 4.78 is 10.3. The number of benzene rings is 1. The van der Waals surface area contributed by atoms with Crippen molar-refractivity contribution < 1.29 is 14.3 Å². The fraction of sp³-hybridized carbons (Fsp3) is 0.579. The molecule has 0 aliphatic rings. The quantitative estimate of drug-likeness (QED) is 0.294. The molecule has 6 heteroatoms. The van der Waals surface area contributed by atoms with Gasteiger partial charge in [-0.25, -0.2) is 0 Å². The number of nitrogens with one attached hydrogen (secondary N) is 2. The van der Waals surface area contributed by atoms with E-state index in [0.29, 0.717) is 26.0 Å². The Hall–Kier alpha value is -2.24. The molecule has 0 heterocycles. The smallest absolute Gasteiger partial charge is 0.305 e. The van der Waals surface area contributed by atoms with E-state index in [1.54, 1.807) is 7.11 Å². The number of rotatable bonds is 10. The highest BCUT2D eigenvalue weighted by molar-refractivity contribution is 5.79. The zero-order chi connectivity index (χ0) is 18.5. The summed E-state index contributed by atoms with van der Waals surface area (Å²) in [6.45, 7) is 8.46. The summed E-state index contributed by atoms with van der Waals surface area (Å²) in [4.78, 5) is 15.8. The number of esters is 1. The molecule has 0 spiro atoms. The average molecular weight is 349 g/mol. The van der Waals surface area contributed by atoms with E-state index in [4.69, 9.17) is 9.47 Å². The Bertz CT molecular complexity index is 559. The van der Waals surface area contributed by atoms with Crippen molar-refractivity contribution in [3.63, 3.8) is 0 Å². The second-order valence-electron chi connectivity index (χ2n) is 5.65. The van der Waals surface area contributed by atoms with Crippen LogP contribution in [0.4, 0.5) is 0 Å². The Morgan fingerprint density at radius 2 is 2.04 bits per heavy atom. The van der Waals surface area contributed by atoms with Crippen molar-refractivity contribution in [3.8, 4) is 5.75 Å². The number of aliphatic imine (C=N–C) groups is 1. The maximum atomic E-state index is 11.3. The highest BCUT2D eigenvalue weighted by Crippen LogP contribution is 2.18. The van der Waals surface area contributed by atoms with Gasteiger partial charge in [0.05, 0.1) is 13.7 Å². The molecule has 0 saturated carbocycles. The van der Waals surface area contributed by atoms with Crippen molar-refractivity contribution in [2.24, 2.45) is 4.99 Å². The first-order valence-corrected chi connectivity index (χ1v) is 8.92. The molecule has 0 unspecified atom stereocenters. The van der Waals surface area contributed by atoms with Gasteiger partial charge in [-0.1, -0.05) is 12.1 Å².